The summed E-state index contributed by atoms with van der Waals surface area (Å²) in [4.78, 5) is 4.45. The van der Waals surface area contributed by atoms with Crippen LogP contribution in [0.1, 0.15) is 5.82 Å². The van der Waals surface area contributed by atoms with Crippen LogP contribution in [0.3, 0.4) is 0 Å². The van der Waals surface area contributed by atoms with E-state index in [0.717, 1.165) is 9.95 Å². The highest BCUT2D eigenvalue weighted by atomic mass is 19.4. The molecule has 2 heterocycles. The third kappa shape index (κ3) is 3.10. The van der Waals surface area contributed by atoms with E-state index in [0.29, 0.717) is 17.0 Å². The van der Waals surface area contributed by atoms with Gasteiger partial charge < -0.3 is 4.74 Å². The van der Waals surface area contributed by atoms with Gasteiger partial charge in [-0.05, 0) is 36.4 Å². The van der Waals surface area contributed by atoms with Gasteiger partial charge in [0, 0.05) is 11.1 Å². The maximum absolute atomic E-state index is 13.5. The molecule has 0 unspecified atom stereocenters. The number of nitrogens with zero attached hydrogens (tertiary/aromatic N) is 4. The lowest BCUT2D eigenvalue weighted by molar-refractivity contribution is -0.146. The summed E-state index contributed by atoms with van der Waals surface area (Å²) >= 11 is 0. The predicted octanol–water partition coefficient (Wildman–Crippen LogP) is 4.51. The van der Waals surface area contributed by atoms with Crippen LogP contribution in [-0.4, -0.2) is 26.9 Å². The van der Waals surface area contributed by atoms with Crippen molar-refractivity contribution in [2.45, 2.75) is 6.18 Å². The molecule has 4 rings (SSSR count). The number of hydrogen-bond donors (Lipinski definition) is 0. The van der Waals surface area contributed by atoms with Crippen molar-refractivity contribution in [3.63, 3.8) is 0 Å². The fraction of sp³-hybridized carbons (Fsp3) is 0.105. The second-order valence-electron chi connectivity index (χ2n) is 5.77. The van der Waals surface area contributed by atoms with Gasteiger partial charge in [-0.25, -0.2) is 4.98 Å². The lowest BCUT2D eigenvalue weighted by Crippen LogP contribution is -2.14. The van der Waals surface area contributed by atoms with Gasteiger partial charge in [0.15, 0.2) is 5.82 Å². The van der Waals surface area contributed by atoms with Gasteiger partial charge in [-0.2, -0.15) is 13.2 Å². The average molecular weight is 370 g/mol. The Hall–Kier alpha value is -3.42. The topological polar surface area (TPSA) is 52.8 Å². The highest BCUT2D eigenvalue weighted by Gasteiger charge is 2.39. The fourth-order valence-corrected chi connectivity index (χ4v) is 2.80. The van der Waals surface area contributed by atoms with E-state index in [1.54, 1.807) is 30.3 Å². The second-order valence-corrected chi connectivity index (χ2v) is 5.77. The van der Waals surface area contributed by atoms with E-state index in [1.807, 2.05) is 18.2 Å². The molecule has 0 spiro atoms. The summed E-state index contributed by atoms with van der Waals surface area (Å²) in [5, 5.41) is 8.04. The number of fused-ring (bicyclic) bond motifs is 1. The molecule has 0 N–H and O–H groups in total. The van der Waals surface area contributed by atoms with Crippen LogP contribution in [0.2, 0.25) is 0 Å². The molecule has 0 radical (unpaired) electrons. The number of benzene rings is 2. The fourth-order valence-electron chi connectivity index (χ4n) is 2.80. The molecule has 4 aromatic rings. The molecular weight excluding hydrogens is 357 g/mol. The summed E-state index contributed by atoms with van der Waals surface area (Å²) in [5.41, 5.74) is 1.22. The molecule has 8 heteroatoms. The highest BCUT2D eigenvalue weighted by molar-refractivity contribution is 5.80. The molecule has 0 aliphatic rings. The van der Waals surface area contributed by atoms with Crippen LogP contribution >= 0.6 is 0 Å². The second kappa shape index (κ2) is 6.39. The Morgan fingerprint density at radius 1 is 0.889 bits per heavy atom. The molecule has 0 atom stereocenters. The Labute approximate surface area is 152 Å². The van der Waals surface area contributed by atoms with Crippen molar-refractivity contribution in [1.29, 1.82) is 0 Å². The molecule has 136 valence electrons. The van der Waals surface area contributed by atoms with Gasteiger partial charge in [-0.3, -0.25) is 4.57 Å². The molecule has 0 aliphatic carbocycles. The van der Waals surface area contributed by atoms with Crippen LogP contribution < -0.4 is 4.74 Å². The summed E-state index contributed by atoms with van der Waals surface area (Å²) in [6.45, 7) is 0. The van der Waals surface area contributed by atoms with Crippen molar-refractivity contribution in [2.24, 2.45) is 0 Å². The zero-order chi connectivity index (χ0) is 19.0. The van der Waals surface area contributed by atoms with E-state index in [9.17, 15) is 13.2 Å². The molecule has 0 bridgehead atoms. The number of methoxy groups -OCH3 is 1. The molecule has 2 aromatic heterocycles. The number of ether oxygens (including phenoxy) is 1. The maximum atomic E-state index is 13.5. The van der Waals surface area contributed by atoms with Crippen LogP contribution in [0.25, 0.3) is 28.1 Å². The molecule has 0 aliphatic heterocycles. The SMILES string of the molecule is COc1ccc(-n2c(-c3ccc4ccccc4n3)nnc2C(F)(F)F)cc1. The first-order valence-corrected chi connectivity index (χ1v) is 8.00. The van der Waals surface area contributed by atoms with Crippen molar-refractivity contribution in [3.8, 4) is 23.0 Å². The van der Waals surface area contributed by atoms with Gasteiger partial charge in [0.1, 0.15) is 11.4 Å². The van der Waals surface area contributed by atoms with E-state index in [1.165, 1.54) is 19.2 Å². The highest BCUT2D eigenvalue weighted by Crippen LogP contribution is 2.33. The number of hydrogen-bond acceptors (Lipinski definition) is 4. The average Bonchev–Trinajstić information content (AvgIpc) is 3.13. The van der Waals surface area contributed by atoms with Crippen LogP contribution in [-0.2, 0) is 6.18 Å². The quantitative estimate of drug-likeness (QED) is 0.532. The van der Waals surface area contributed by atoms with Crippen molar-refractivity contribution >= 4 is 10.9 Å². The Kier molecular flexibility index (Phi) is 4.02. The van der Waals surface area contributed by atoms with Crippen molar-refractivity contribution < 1.29 is 17.9 Å². The molecule has 0 saturated carbocycles. The minimum absolute atomic E-state index is 0.0123. The Bertz CT molecular complexity index is 1100. The maximum Gasteiger partial charge on any atom is 0.452 e. The smallest absolute Gasteiger partial charge is 0.452 e. The zero-order valence-corrected chi connectivity index (χ0v) is 14.1. The summed E-state index contributed by atoms with van der Waals surface area (Å²) in [7, 11) is 1.49. The molecule has 0 fully saturated rings. The first kappa shape index (κ1) is 17.0. The molecule has 2 aromatic carbocycles. The van der Waals surface area contributed by atoms with Crippen LogP contribution in [0.15, 0.2) is 60.7 Å². The Morgan fingerprint density at radius 2 is 1.63 bits per heavy atom. The van der Waals surface area contributed by atoms with Crippen molar-refractivity contribution in [1.82, 2.24) is 19.7 Å². The summed E-state index contributed by atoms with van der Waals surface area (Å²) in [6.07, 6.45) is -4.66. The van der Waals surface area contributed by atoms with E-state index >= 15 is 0 Å². The van der Waals surface area contributed by atoms with Crippen molar-refractivity contribution in [3.05, 3.63) is 66.5 Å². The van der Waals surface area contributed by atoms with Gasteiger partial charge in [0.25, 0.3) is 0 Å². The normalized spacial score (nSPS) is 11.7. The first-order valence-electron chi connectivity index (χ1n) is 8.00. The predicted molar refractivity (Wildman–Crippen MR) is 93.7 cm³/mol. The lowest BCUT2D eigenvalue weighted by atomic mass is 10.2. The largest absolute Gasteiger partial charge is 0.497 e. The van der Waals surface area contributed by atoms with Gasteiger partial charge in [-0.1, -0.05) is 24.3 Å². The number of rotatable bonds is 3. The molecule has 27 heavy (non-hydrogen) atoms. The Balaban J connectivity index is 1.93. The third-order valence-corrected chi connectivity index (χ3v) is 4.07. The number of aromatic nitrogens is 4. The molecule has 0 saturated heterocycles. The molecule has 0 amide bonds. The lowest BCUT2D eigenvalue weighted by Gasteiger charge is -2.12. The van der Waals surface area contributed by atoms with E-state index < -0.39 is 12.0 Å². The van der Waals surface area contributed by atoms with Crippen LogP contribution in [0.4, 0.5) is 13.2 Å². The van der Waals surface area contributed by atoms with E-state index in [2.05, 4.69) is 15.2 Å². The number of halogens is 3. The van der Waals surface area contributed by atoms with Gasteiger partial charge >= 0.3 is 6.18 Å². The minimum atomic E-state index is -4.66. The minimum Gasteiger partial charge on any atom is -0.497 e. The van der Waals surface area contributed by atoms with Crippen molar-refractivity contribution in [2.75, 3.05) is 7.11 Å². The standard InChI is InChI=1S/C19H13F3N4O/c1-27-14-9-7-13(8-10-14)26-17(24-25-18(26)19(20,21)22)16-11-6-12-4-2-3-5-15(12)23-16/h2-11H,1H3. The first-order chi connectivity index (χ1) is 13.0. The summed E-state index contributed by atoms with van der Waals surface area (Å²) in [5.74, 6) is -0.568. The van der Waals surface area contributed by atoms with E-state index in [-0.39, 0.29) is 11.5 Å². The van der Waals surface area contributed by atoms with Gasteiger partial charge in [0.2, 0.25) is 5.82 Å². The Morgan fingerprint density at radius 3 is 2.33 bits per heavy atom. The monoisotopic (exact) mass is 370 g/mol. The zero-order valence-electron chi connectivity index (χ0n) is 14.1. The van der Waals surface area contributed by atoms with E-state index in [4.69, 9.17) is 4.74 Å². The van der Waals surface area contributed by atoms with Gasteiger partial charge in [0.05, 0.1) is 12.6 Å². The number of para-hydroxylation sites is 1. The summed E-state index contributed by atoms with van der Waals surface area (Å²) in [6, 6.07) is 17.0. The number of pyridine rings is 1. The van der Waals surface area contributed by atoms with Crippen LogP contribution in [0, 0.1) is 0 Å². The summed E-state index contributed by atoms with van der Waals surface area (Å²) < 4.78 is 46.5. The van der Waals surface area contributed by atoms with Gasteiger partial charge in [-0.15, -0.1) is 10.2 Å². The molecular formula is C19H13F3N4O. The molecule has 5 nitrogen and oxygen atoms in total. The third-order valence-electron chi connectivity index (χ3n) is 4.07. The van der Waals surface area contributed by atoms with Crippen LogP contribution in [0.5, 0.6) is 5.75 Å². The number of alkyl halides is 3.